The lowest BCUT2D eigenvalue weighted by molar-refractivity contribution is 0.790. The highest BCUT2D eigenvalue weighted by Crippen LogP contribution is 2.22. The molecule has 0 bridgehead atoms. The summed E-state index contributed by atoms with van der Waals surface area (Å²) in [6.07, 6.45) is 5.26. The first-order valence-corrected chi connectivity index (χ1v) is 6.10. The molecule has 3 aromatic heterocycles. The number of hydrogen-bond donors (Lipinski definition) is 1. The van der Waals surface area contributed by atoms with Crippen LogP contribution in [0, 0.1) is 13.8 Å². The van der Waals surface area contributed by atoms with Gasteiger partial charge in [-0.25, -0.2) is 5.10 Å². The molecule has 3 heterocycles. The van der Waals surface area contributed by atoms with Crippen LogP contribution in [0.4, 0.5) is 0 Å². The standard InChI is InChI=1S/C14H14N4O/c1-9-10(2)18(8-11-4-3-5-15-6-11)13-12(9)7-16-17-14(13)19/h3-7H,8H2,1-2H3,(H,17,19). The Labute approximate surface area is 109 Å². The third-order valence-electron chi connectivity index (χ3n) is 3.51. The summed E-state index contributed by atoms with van der Waals surface area (Å²) < 4.78 is 2.02. The van der Waals surface area contributed by atoms with E-state index in [-0.39, 0.29) is 5.56 Å². The molecule has 0 spiro atoms. The third kappa shape index (κ3) is 1.83. The lowest BCUT2D eigenvalue weighted by atomic mass is 10.2. The number of aromatic nitrogens is 4. The molecule has 0 amide bonds. The summed E-state index contributed by atoms with van der Waals surface area (Å²) in [5.74, 6) is 0. The first-order chi connectivity index (χ1) is 9.18. The summed E-state index contributed by atoms with van der Waals surface area (Å²) in [6, 6.07) is 3.90. The topological polar surface area (TPSA) is 63.6 Å². The highest BCUT2D eigenvalue weighted by molar-refractivity contribution is 5.83. The molecule has 0 saturated heterocycles. The van der Waals surface area contributed by atoms with Gasteiger partial charge in [0.05, 0.1) is 6.20 Å². The van der Waals surface area contributed by atoms with Gasteiger partial charge >= 0.3 is 0 Å². The molecule has 5 nitrogen and oxygen atoms in total. The fourth-order valence-electron chi connectivity index (χ4n) is 2.37. The zero-order valence-corrected chi connectivity index (χ0v) is 10.8. The average molecular weight is 254 g/mol. The van der Waals surface area contributed by atoms with E-state index in [4.69, 9.17) is 0 Å². The third-order valence-corrected chi connectivity index (χ3v) is 3.51. The van der Waals surface area contributed by atoms with Crippen LogP contribution in [-0.2, 0) is 6.54 Å². The summed E-state index contributed by atoms with van der Waals surface area (Å²) in [5, 5.41) is 7.28. The quantitative estimate of drug-likeness (QED) is 0.758. The van der Waals surface area contributed by atoms with Gasteiger partial charge in [-0.15, -0.1) is 0 Å². The molecule has 3 aromatic rings. The van der Waals surface area contributed by atoms with E-state index < -0.39 is 0 Å². The van der Waals surface area contributed by atoms with Crippen molar-refractivity contribution >= 4 is 10.9 Å². The minimum atomic E-state index is -0.155. The van der Waals surface area contributed by atoms with E-state index in [0.29, 0.717) is 12.1 Å². The van der Waals surface area contributed by atoms with E-state index in [9.17, 15) is 4.79 Å². The molecule has 0 unspecified atom stereocenters. The van der Waals surface area contributed by atoms with Crippen LogP contribution in [0.25, 0.3) is 10.9 Å². The molecule has 19 heavy (non-hydrogen) atoms. The van der Waals surface area contributed by atoms with Gasteiger partial charge in [-0.3, -0.25) is 9.78 Å². The Balaban J connectivity index is 2.24. The summed E-state index contributed by atoms with van der Waals surface area (Å²) in [4.78, 5) is 16.1. The van der Waals surface area contributed by atoms with E-state index in [1.807, 2.05) is 36.7 Å². The molecular formula is C14H14N4O. The number of fused-ring (bicyclic) bond motifs is 1. The van der Waals surface area contributed by atoms with Crippen LogP contribution in [0.5, 0.6) is 0 Å². The number of hydrogen-bond acceptors (Lipinski definition) is 3. The molecule has 5 heteroatoms. The second-order valence-corrected chi connectivity index (χ2v) is 4.62. The van der Waals surface area contributed by atoms with Crippen molar-refractivity contribution in [2.24, 2.45) is 0 Å². The molecule has 0 saturated carbocycles. The van der Waals surface area contributed by atoms with Gasteiger partial charge < -0.3 is 4.57 Å². The van der Waals surface area contributed by atoms with Crippen molar-refractivity contribution in [1.29, 1.82) is 0 Å². The highest BCUT2D eigenvalue weighted by atomic mass is 16.1. The lowest BCUT2D eigenvalue weighted by Gasteiger charge is -2.07. The number of H-pyrrole nitrogens is 1. The molecule has 0 atom stereocenters. The monoisotopic (exact) mass is 254 g/mol. The Morgan fingerprint density at radius 2 is 2.16 bits per heavy atom. The van der Waals surface area contributed by atoms with E-state index in [2.05, 4.69) is 15.2 Å². The molecule has 0 fully saturated rings. The van der Waals surface area contributed by atoms with Gasteiger partial charge in [-0.05, 0) is 31.0 Å². The van der Waals surface area contributed by atoms with E-state index >= 15 is 0 Å². The van der Waals surface area contributed by atoms with Gasteiger partial charge in [0.25, 0.3) is 5.56 Å². The molecule has 0 aliphatic rings. The van der Waals surface area contributed by atoms with Crippen LogP contribution in [0.3, 0.4) is 0 Å². The van der Waals surface area contributed by atoms with Crippen molar-refractivity contribution in [2.45, 2.75) is 20.4 Å². The smallest absolute Gasteiger partial charge is 0.288 e. The van der Waals surface area contributed by atoms with E-state index in [1.54, 1.807) is 12.4 Å². The van der Waals surface area contributed by atoms with Crippen LogP contribution in [-0.4, -0.2) is 19.7 Å². The van der Waals surface area contributed by atoms with Crippen LogP contribution < -0.4 is 5.56 Å². The van der Waals surface area contributed by atoms with Crippen LogP contribution in [0.1, 0.15) is 16.8 Å². The number of pyridine rings is 1. The Hall–Kier alpha value is -2.43. The second kappa shape index (κ2) is 4.35. The Morgan fingerprint density at radius 3 is 2.89 bits per heavy atom. The Morgan fingerprint density at radius 1 is 1.32 bits per heavy atom. The molecule has 1 N–H and O–H groups in total. The van der Waals surface area contributed by atoms with Crippen molar-refractivity contribution < 1.29 is 0 Å². The van der Waals surface area contributed by atoms with Crippen molar-refractivity contribution in [3.05, 3.63) is 57.9 Å². The normalized spacial score (nSPS) is 11.1. The number of aromatic amines is 1. The Kier molecular flexibility index (Phi) is 2.67. The van der Waals surface area contributed by atoms with Crippen LogP contribution >= 0.6 is 0 Å². The summed E-state index contributed by atoms with van der Waals surface area (Å²) >= 11 is 0. The summed E-state index contributed by atoms with van der Waals surface area (Å²) in [6.45, 7) is 4.67. The number of nitrogens with one attached hydrogen (secondary N) is 1. The maximum atomic E-state index is 12.0. The van der Waals surface area contributed by atoms with E-state index in [0.717, 1.165) is 22.2 Å². The predicted molar refractivity (Wildman–Crippen MR) is 73.2 cm³/mol. The van der Waals surface area contributed by atoms with Crippen LogP contribution in [0.2, 0.25) is 0 Å². The van der Waals surface area contributed by atoms with E-state index in [1.165, 1.54) is 0 Å². The van der Waals surface area contributed by atoms with Crippen molar-refractivity contribution in [3.63, 3.8) is 0 Å². The maximum absolute atomic E-state index is 12.0. The van der Waals surface area contributed by atoms with Crippen molar-refractivity contribution in [3.8, 4) is 0 Å². The fourth-order valence-corrected chi connectivity index (χ4v) is 2.37. The zero-order valence-electron chi connectivity index (χ0n) is 10.8. The maximum Gasteiger partial charge on any atom is 0.288 e. The SMILES string of the molecule is Cc1c(C)n(Cc2cccnc2)c2c(=O)[nH]ncc12. The largest absolute Gasteiger partial charge is 0.336 e. The number of aryl methyl sites for hydroxylation is 1. The van der Waals surface area contributed by atoms with Crippen LogP contribution in [0.15, 0.2) is 35.5 Å². The fraction of sp³-hybridized carbons (Fsp3) is 0.214. The minimum absolute atomic E-state index is 0.155. The average Bonchev–Trinajstić information content (AvgIpc) is 2.67. The Bertz CT molecular complexity index is 786. The van der Waals surface area contributed by atoms with Gasteiger partial charge in [0.15, 0.2) is 0 Å². The van der Waals surface area contributed by atoms with Gasteiger partial charge in [0.2, 0.25) is 0 Å². The molecule has 3 rings (SSSR count). The van der Waals surface area contributed by atoms with Crippen molar-refractivity contribution in [2.75, 3.05) is 0 Å². The lowest BCUT2D eigenvalue weighted by Crippen LogP contribution is -2.13. The summed E-state index contributed by atoms with van der Waals surface area (Å²) in [5.41, 5.74) is 3.76. The second-order valence-electron chi connectivity index (χ2n) is 4.62. The van der Waals surface area contributed by atoms with Gasteiger partial charge in [-0.2, -0.15) is 5.10 Å². The van der Waals surface area contributed by atoms with Gasteiger partial charge in [-0.1, -0.05) is 6.07 Å². The first-order valence-electron chi connectivity index (χ1n) is 6.10. The molecule has 0 aliphatic carbocycles. The van der Waals surface area contributed by atoms with Gasteiger partial charge in [0, 0.05) is 30.0 Å². The first kappa shape index (κ1) is 11.6. The minimum Gasteiger partial charge on any atom is -0.336 e. The summed E-state index contributed by atoms with van der Waals surface area (Å²) in [7, 11) is 0. The molecule has 0 aliphatic heterocycles. The zero-order chi connectivity index (χ0) is 13.4. The molecule has 96 valence electrons. The highest BCUT2D eigenvalue weighted by Gasteiger charge is 2.14. The molecular weight excluding hydrogens is 240 g/mol. The number of rotatable bonds is 2. The van der Waals surface area contributed by atoms with Gasteiger partial charge in [0.1, 0.15) is 5.52 Å². The predicted octanol–water partition coefficient (Wildman–Crippen LogP) is 1.78. The van der Waals surface area contributed by atoms with Crippen molar-refractivity contribution in [1.82, 2.24) is 19.7 Å². The number of nitrogens with zero attached hydrogens (tertiary/aromatic N) is 3. The molecule has 0 radical (unpaired) electrons. The molecule has 0 aromatic carbocycles.